The number of phenols is 1. The third-order valence-electron chi connectivity index (χ3n) is 12.4. The number of benzene rings is 1. The molecule has 0 unspecified atom stereocenters. The van der Waals surface area contributed by atoms with Crippen molar-refractivity contribution < 1.29 is 63.0 Å². The Labute approximate surface area is 492 Å². The molecule has 85 heavy (non-hydrogen) atoms. The minimum Gasteiger partial charge on any atom is -0.508 e. The SMILES string of the molecule is CC(=O)NCCCC[C@H](NC(=O)[C@H](CCCN=C(N)N)NC(=O)CNC(=O)[C@H](Cc1ccc(O)cc1)NC(=O)[C@@H](N)CO)C(=O)N[C@@H](CCCCN)C(=O)N[C@@H](CCCN=C(N)N)C(=O)N[C@@H](CCCN=C(N)N)C(=O)N[C@H](C=O)CCC(N)=O. The van der Waals surface area contributed by atoms with Gasteiger partial charge in [-0.2, -0.15) is 0 Å². The molecule has 0 spiro atoms. The van der Waals surface area contributed by atoms with E-state index in [1.807, 2.05) is 0 Å². The molecule has 29 N–H and O–H groups in total. The number of carbonyl (C=O) groups excluding carboxylic acids is 11. The maximum atomic E-state index is 14.5. The van der Waals surface area contributed by atoms with Crippen molar-refractivity contribution in [2.75, 3.05) is 45.9 Å². The highest BCUT2D eigenvalue weighted by molar-refractivity contribution is 5.97. The molecule has 476 valence electrons. The number of phenolic OH excluding ortho intramolecular Hbond substituents is 1. The van der Waals surface area contributed by atoms with E-state index in [-0.39, 0.29) is 146 Å². The van der Waals surface area contributed by atoms with Gasteiger partial charge in [0.25, 0.3) is 0 Å². The van der Waals surface area contributed by atoms with E-state index in [0.29, 0.717) is 24.7 Å². The Kier molecular flexibility index (Phi) is 36.6. The zero-order chi connectivity index (χ0) is 63.9. The number of aliphatic hydroxyl groups is 1. The Morgan fingerprint density at radius 1 is 0.518 bits per heavy atom. The number of hydrogen-bond acceptors (Lipinski definition) is 18. The van der Waals surface area contributed by atoms with Gasteiger partial charge in [0.05, 0.1) is 19.2 Å². The standard InChI is InChI=1S/C51H89N21O13/c1-29(75)61-21-5-3-10-36(68-45(82)34(11-6-22-62-49(55)56)67-41(78)26-65-43(80)39(72-42(79)33(53)28-74)25-30-14-17-32(76)18-15-30)47(84)69-35(9-2-4-20-52)46(83)71-38(13-8-24-64-51(59)60)48(85)70-37(12-7-23-63-50(57)58)44(81)66-31(27-73)16-19-40(54)77/h14-15,17-18,27,31,33-39,74,76H,2-13,16,19-26,28,52-53H2,1H3,(H2,54,77)(H,61,75)(H,65,80)(H,66,81)(H,67,78)(H,68,82)(H,69,84)(H,70,85)(H,71,83)(H,72,79)(H4,55,56,62)(H4,57,58,63)(H4,59,60,64)/t31-,33-,34-,35-,36-,37-,38-,39-/m0/s1. The molecule has 0 bridgehead atoms. The number of guanidine groups is 3. The largest absolute Gasteiger partial charge is 0.508 e. The second-order valence-electron chi connectivity index (χ2n) is 19.7. The van der Waals surface area contributed by atoms with E-state index in [1.54, 1.807) is 0 Å². The van der Waals surface area contributed by atoms with E-state index in [2.05, 4.69) is 62.8 Å². The van der Waals surface area contributed by atoms with Gasteiger partial charge in [-0.25, -0.2) is 0 Å². The van der Waals surface area contributed by atoms with E-state index >= 15 is 0 Å². The van der Waals surface area contributed by atoms with Gasteiger partial charge in [0, 0.05) is 45.9 Å². The summed E-state index contributed by atoms with van der Waals surface area (Å²) in [7, 11) is 0. The molecular formula is C51H89N21O13. The van der Waals surface area contributed by atoms with Gasteiger partial charge in [0.2, 0.25) is 59.1 Å². The summed E-state index contributed by atoms with van der Waals surface area (Å²) < 4.78 is 0. The first-order valence-electron chi connectivity index (χ1n) is 27.7. The smallest absolute Gasteiger partial charge is 0.243 e. The van der Waals surface area contributed by atoms with E-state index in [0.717, 1.165) is 0 Å². The monoisotopic (exact) mass is 1200 g/mol. The van der Waals surface area contributed by atoms with Crippen molar-refractivity contribution in [3.8, 4) is 5.75 Å². The van der Waals surface area contributed by atoms with Crippen LogP contribution in [-0.2, 0) is 59.2 Å². The number of hydrogen-bond donors (Lipinski definition) is 20. The molecule has 34 nitrogen and oxygen atoms in total. The van der Waals surface area contributed by atoms with Crippen LogP contribution in [0.3, 0.4) is 0 Å². The molecule has 10 amide bonds. The summed E-state index contributed by atoms with van der Waals surface area (Å²) in [5.41, 5.74) is 50.2. The lowest BCUT2D eigenvalue weighted by molar-refractivity contribution is -0.135. The molecule has 0 aliphatic heterocycles. The van der Waals surface area contributed by atoms with E-state index in [1.165, 1.54) is 31.2 Å². The number of primary amides is 1. The number of nitrogens with one attached hydrogen (secondary N) is 9. The molecule has 1 aromatic rings. The molecule has 0 aromatic heterocycles. The molecule has 0 saturated carbocycles. The molecule has 0 saturated heterocycles. The first kappa shape index (κ1) is 74.1. The molecule has 0 heterocycles. The zero-order valence-corrected chi connectivity index (χ0v) is 48.0. The molecule has 0 radical (unpaired) electrons. The number of aromatic hydroxyl groups is 1. The van der Waals surface area contributed by atoms with Crippen molar-refractivity contribution in [3.05, 3.63) is 29.8 Å². The highest BCUT2D eigenvalue weighted by atomic mass is 16.3. The molecule has 8 atom stereocenters. The van der Waals surface area contributed by atoms with Crippen molar-refractivity contribution in [3.63, 3.8) is 0 Å². The number of aldehydes is 1. The summed E-state index contributed by atoms with van der Waals surface area (Å²) in [6.07, 6.45) is 0.984. The highest BCUT2D eigenvalue weighted by Gasteiger charge is 2.33. The Morgan fingerprint density at radius 2 is 0.929 bits per heavy atom. The second-order valence-corrected chi connectivity index (χ2v) is 19.7. The Hall–Kier alpha value is -8.92. The number of amides is 10. The second kappa shape index (κ2) is 42.0. The van der Waals surface area contributed by atoms with Crippen molar-refractivity contribution in [2.24, 2.45) is 66.6 Å². The van der Waals surface area contributed by atoms with E-state index < -0.39 is 115 Å². The highest BCUT2D eigenvalue weighted by Crippen LogP contribution is 2.13. The summed E-state index contributed by atoms with van der Waals surface area (Å²) in [5.74, 6) is -8.86. The fourth-order valence-electron chi connectivity index (χ4n) is 7.90. The maximum absolute atomic E-state index is 14.5. The topological polar surface area (TPSA) is 608 Å². The first-order valence-corrected chi connectivity index (χ1v) is 27.7. The summed E-state index contributed by atoms with van der Waals surface area (Å²) >= 11 is 0. The third kappa shape index (κ3) is 33.7. The average molecular weight is 1200 g/mol. The summed E-state index contributed by atoms with van der Waals surface area (Å²) in [6.45, 7) is 0.261. The molecule has 0 aliphatic carbocycles. The van der Waals surface area contributed by atoms with Gasteiger partial charge in [-0.15, -0.1) is 0 Å². The molecule has 34 heteroatoms. The number of aliphatic imine (C=N–C) groups is 3. The van der Waals surface area contributed by atoms with Crippen molar-refractivity contribution in [1.29, 1.82) is 0 Å². The Balaban J connectivity index is 3.66. The molecule has 1 rings (SSSR count). The molecule has 0 aliphatic rings. The van der Waals surface area contributed by atoms with Crippen LogP contribution in [0, 0.1) is 0 Å². The van der Waals surface area contributed by atoms with Gasteiger partial charge < -0.3 is 114 Å². The molecular weight excluding hydrogens is 1110 g/mol. The van der Waals surface area contributed by atoms with E-state index in [9.17, 15) is 63.0 Å². The Bertz CT molecular complexity index is 2420. The average Bonchev–Trinajstić information content (AvgIpc) is 3.55. The van der Waals surface area contributed by atoms with Crippen molar-refractivity contribution >= 4 is 83.2 Å². The van der Waals surface area contributed by atoms with Crippen molar-refractivity contribution in [1.82, 2.24) is 47.9 Å². The summed E-state index contributed by atoms with van der Waals surface area (Å²) in [6, 6.07) is -5.20. The van der Waals surface area contributed by atoms with Gasteiger partial charge >= 0.3 is 0 Å². The lowest BCUT2D eigenvalue weighted by Gasteiger charge is -2.27. The minimum absolute atomic E-state index is 0.000380. The molecule has 1 aromatic carbocycles. The number of rotatable bonds is 44. The molecule has 0 fully saturated rings. The van der Waals surface area contributed by atoms with Crippen LogP contribution in [0.15, 0.2) is 39.2 Å². The predicted molar refractivity (Wildman–Crippen MR) is 313 cm³/mol. The quantitative estimate of drug-likeness (QED) is 0.0125. The predicted octanol–water partition coefficient (Wildman–Crippen LogP) is -8.18. The van der Waals surface area contributed by atoms with Gasteiger partial charge in [0.15, 0.2) is 17.9 Å². The van der Waals surface area contributed by atoms with Crippen LogP contribution >= 0.6 is 0 Å². The fraction of sp³-hybridized carbons (Fsp3) is 0.608. The fourth-order valence-corrected chi connectivity index (χ4v) is 7.90. The first-order chi connectivity index (χ1) is 40.3. The normalized spacial score (nSPS) is 13.6. The third-order valence-corrected chi connectivity index (χ3v) is 12.4. The van der Waals surface area contributed by atoms with Gasteiger partial charge in [-0.05, 0) is 108 Å². The van der Waals surface area contributed by atoms with Crippen LogP contribution in [0.4, 0.5) is 0 Å². The van der Waals surface area contributed by atoms with Crippen molar-refractivity contribution in [2.45, 2.75) is 152 Å². The summed E-state index contributed by atoms with van der Waals surface area (Å²) in [4.78, 5) is 158. The van der Waals surface area contributed by atoms with Crippen LogP contribution in [0.5, 0.6) is 5.75 Å². The number of unbranched alkanes of at least 4 members (excludes halogenated alkanes) is 2. The van der Waals surface area contributed by atoms with Crippen LogP contribution in [-0.4, -0.2) is 188 Å². The van der Waals surface area contributed by atoms with Gasteiger partial charge in [0.1, 0.15) is 54.3 Å². The van der Waals surface area contributed by atoms with E-state index in [4.69, 9.17) is 51.6 Å². The van der Waals surface area contributed by atoms with Gasteiger partial charge in [-0.3, -0.25) is 62.9 Å². The summed E-state index contributed by atoms with van der Waals surface area (Å²) in [5, 5.41) is 42.2. The lowest BCUT2D eigenvalue weighted by atomic mass is 10.0. The van der Waals surface area contributed by atoms with Crippen LogP contribution in [0.1, 0.15) is 102 Å². The van der Waals surface area contributed by atoms with Gasteiger partial charge in [-0.1, -0.05) is 12.1 Å². The van der Waals surface area contributed by atoms with Crippen LogP contribution < -0.4 is 99.5 Å². The maximum Gasteiger partial charge on any atom is 0.243 e. The number of nitrogens with two attached hydrogens (primary N) is 9. The number of carbonyl (C=O) groups is 11. The zero-order valence-electron chi connectivity index (χ0n) is 48.0. The van der Waals surface area contributed by atoms with Crippen LogP contribution in [0.2, 0.25) is 0 Å². The number of aliphatic hydroxyl groups excluding tert-OH is 1. The number of nitrogens with zero attached hydrogens (tertiary/aromatic N) is 3. The Morgan fingerprint density at radius 3 is 1.33 bits per heavy atom. The minimum atomic E-state index is -1.42. The van der Waals surface area contributed by atoms with Crippen LogP contribution in [0.25, 0.3) is 0 Å². The lowest BCUT2D eigenvalue weighted by Crippen LogP contribution is -2.59.